The maximum absolute atomic E-state index is 12.9. The van der Waals surface area contributed by atoms with Crippen LogP contribution >= 0.6 is 11.3 Å². The lowest BCUT2D eigenvalue weighted by molar-refractivity contribution is 0.0710. The van der Waals surface area contributed by atoms with E-state index < -0.39 is 0 Å². The number of aryl methyl sites for hydroxylation is 1. The molecule has 1 fully saturated rings. The van der Waals surface area contributed by atoms with Crippen molar-refractivity contribution < 1.29 is 4.79 Å². The molecule has 32 heavy (non-hydrogen) atoms. The molecule has 0 aromatic carbocycles. The fourth-order valence-corrected chi connectivity index (χ4v) is 5.39. The Labute approximate surface area is 191 Å². The van der Waals surface area contributed by atoms with E-state index in [1.165, 1.54) is 10.4 Å². The Morgan fingerprint density at radius 2 is 2.12 bits per heavy atom. The number of fused-ring (bicyclic) bond motifs is 1. The summed E-state index contributed by atoms with van der Waals surface area (Å²) in [6, 6.07) is 5.80. The molecule has 0 atom stereocenters. The number of amides is 1. The summed E-state index contributed by atoms with van der Waals surface area (Å²) in [6.07, 6.45) is 5.69. The van der Waals surface area contributed by atoms with Crippen molar-refractivity contribution in [2.75, 3.05) is 19.6 Å². The van der Waals surface area contributed by atoms with Crippen molar-refractivity contribution in [2.45, 2.75) is 45.2 Å². The van der Waals surface area contributed by atoms with E-state index in [2.05, 4.69) is 33.2 Å². The number of rotatable bonds is 4. The number of aromatic amines is 1. The van der Waals surface area contributed by atoms with E-state index in [-0.39, 0.29) is 17.4 Å². The molecule has 0 bridgehead atoms. The third-order valence-corrected chi connectivity index (χ3v) is 7.34. The summed E-state index contributed by atoms with van der Waals surface area (Å²) in [5.74, 6) is 0.978. The Balaban J connectivity index is 1.24. The third kappa shape index (κ3) is 4.38. The van der Waals surface area contributed by atoms with Crippen LogP contribution in [0.15, 0.2) is 40.8 Å². The quantitative estimate of drug-likeness (QED) is 0.662. The van der Waals surface area contributed by atoms with Gasteiger partial charge in [-0.3, -0.25) is 19.5 Å². The molecule has 2 aliphatic heterocycles. The van der Waals surface area contributed by atoms with Gasteiger partial charge in [0, 0.05) is 62.3 Å². The summed E-state index contributed by atoms with van der Waals surface area (Å²) in [5, 5.41) is 2.20. The minimum Gasteiger partial charge on any atom is -0.339 e. The van der Waals surface area contributed by atoms with Gasteiger partial charge in [0.25, 0.3) is 11.5 Å². The average Bonchev–Trinajstić information content (AvgIpc) is 3.24. The Kier molecular flexibility index (Phi) is 5.89. The monoisotopic (exact) mass is 449 g/mol. The number of nitrogens with one attached hydrogen (secondary N) is 1. The molecule has 7 nitrogen and oxygen atoms in total. The second kappa shape index (κ2) is 8.96. The molecule has 3 aromatic rings. The van der Waals surface area contributed by atoms with E-state index in [0.717, 1.165) is 49.4 Å². The van der Waals surface area contributed by atoms with Crippen molar-refractivity contribution in [3.05, 3.63) is 79.4 Å². The summed E-state index contributed by atoms with van der Waals surface area (Å²) >= 11 is 1.77. The fourth-order valence-electron chi connectivity index (χ4n) is 4.70. The van der Waals surface area contributed by atoms with Crippen LogP contribution in [0.3, 0.4) is 0 Å². The van der Waals surface area contributed by atoms with Crippen molar-refractivity contribution in [3.8, 4) is 0 Å². The molecule has 0 aliphatic carbocycles. The lowest BCUT2D eigenvalue weighted by Gasteiger charge is -2.32. The zero-order chi connectivity index (χ0) is 22.1. The van der Waals surface area contributed by atoms with Crippen LogP contribution in [-0.4, -0.2) is 50.3 Å². The maximum Gasteiger partial charge on any atom is 0.255 e. The molecule has 1 saturated heterocycles. The SMILES string of the molecule is Cc1cc(CN2CCc3nc(C4CCN(C(=O)c5cccnc5)CC4)[nH]c(=O)c3C2)cs1. The van der Waals surface area contributed by atoms with Gasteiger partial charge in [-0.25, -0.2) is 4.98 Å². The number of carbonyl (C=O) groups excluding carboxylic acids is 1. The standard InChI is InChI=1S/C24H27N5O2S/c1-16-11-17(15-32-16)13-28-8-6-21-20(14-28)23(30)27-22(26-21)18-4-9-29(10-5-18)24(31)19-3-2-7-25-12-19/h2-3,7,11-12,15,18H,4-6,8-10,13-14H2,1H3,(H,26,27,30). The minimum absolute atomic E-state index is 0.00920. The molecule has 1 amide bonds. The van der Waals surface area contributed by atoms with E-state index >= 15 is 0 Å². The van der Waals surface area contributed by atoms with Crippen LogP contribution in [-0.2, 0) is 19.5 Å². The lowest BCUT2D eigenvalue weighted by Crippen LogP contribution is -2.39. The van der Waals surface area contributed by atoms with Crippen molar-refractivity contribution >= 4 is 17.2 Å². The zero-order valence-corrected chi connectivity index (χ0v) is 19.0. The number of likely N-dealkylation sites (tertiary alicyclic amines) is 1. The molecule has 8 heteroatoms. The van der Waals surface area contributed by atoms with Gasteiger partial charge in [0.05, 0.1) is 16.8 Å². The Morgan fingerprint density at radius 3 is 2.84 bits per heavy atom. The van der Waals surface area contributed by atoms with Gasteiger partial charge in [0.1, 0.15) is 5.82 Å². The van der Waals surface area contributed by atoms with Crippen LogP contribution in [0.5, 0.6) is 0 Å². The first-order chi connectivity index (χ1) is 15.6. The first kappa shape index (κ1) is 21.0. The van der Waals surface area contributed by atoms with Gasteiger partial charge >= 0.3 is 0 Å². The van der Waals surface area contributed by atoms with Crippen molar-refractivity contribution in [2.24, 2.45) is 0 Å². The highest BCUT2D eigenvalue weighted by molar-refractivity contribution is 7.10. The molecule has 0 unspecified atom stereocenters. The van der Waals surface area contributed by atoms with Crippen LogP contribution in [0.4, 0.5) is 0 Å². The van der Waals surface area contributed by atoms with Gasteiger partial charge < -0.3 is 9.88 Å². The van der Waals surface area contributed by atoms with Gasteiger partial charge in [-0.1, -0.05) is 0 Å². The molecule has 166 valence electrons. The second-order valence-corrected chi connectivity index (χ2v) is 9.83. The summed E-state index contributed by atoms with van der Waals surface area (Å²) in [4.78, 5) is 43.0. The van der Waals surface area contributed by atoms with Crippen LogP contribution in [0.25, 0.3) is 0 Å². The van der Waals surface area contributed by atoms with Gasteiger partial charge in [0.15, 0.2) is 0 Å². The summed E-state index contributed by atoms with van der Waals surface area (Å²) in [6.45, 7) is 5.87. The zero-order valence-electron chi connectivity index (χ0n) is 18.2. The number of H-pyrrole nitrogens is 1. The van der Waals surface area contributed by atoms with E-state index in [9.17, 15) is 9.59 Å². The van der Waals surface area contributed by atoms with Crippen molar-refractivity contribution in [1.29, 1.82) is 0 Å². The second-order valence-electron chi connectivity index (χ2n) is 8.71. The maximum atomic E-state index is 12.9. The average molecular weight is 450 g/mol. The largest absolute Gasteiger partial charge is 0.339 e. The van der Waals surface area contributed by atoms with E-state index in [1.54, 1.807) is 35.9 Å². The molecule has 3 aromatic heterocycles. The highest BCUT2D eigenvalue weighted by Crippen LogP contribution is 2.27. The molecule has 0 radical (unpaired) electrons. The highest BCUT2D eigenvalue weighted by Gasteiger charge is 2.28. The highest BCUT2D eigenvalue weighted by atomic mass is 32.1. The Bertz CT molecular complexity index is 1160. The molecule has 2 aliphatic rings. The van der Waals surface area contributed by atoms with Gasteiger partial charge in [-0.2, -0.15) is 0 Å². The normalized spacial score (nSPS) is 17.3. The topological polar surface area (TPSA) is 82.2 Å². The molecular weight excluding hydrogens is 422 g/mol. The number of carbonyl (C=O) groups is 1. The van der Waals surface area contributed by atoms with Crippen LogP contribution < -0.4 is 5.56 Å². The summed E-state index contributed by atoms with van der Waals surface area (Å²) in [7, 11) is 0. The first-order valence-corrected chi connectivity index (χ1v) is 12.0. The molecule has 5 rings (SSSR count). The predicted molar refractivity (Wildman–Crippen MR) is 124 cm³/mol. The van der Waals surface area contributed by atoms with E-state index in [1.807, 2.05) is 4.90 Å². The molecule has 5 heterocycles. The first-order valence-electron chi connectivity index (χ1n) is 11.1. The molecule has 1 N–H and O–H groups in total. The van der Waals surface area contributed by atoms with Crippen LogP contribution in [0.2, 0.25) is 0 Å². The smallest absolute Gasteiger partial charge is 0.255 e. The summed E-state index contributed by atoms with van der Waals surface area (Å²) < 4.78 is 0. The number of nitrogens with zero attached hydrogens (tertiary/aromatic N) is 4. The van der Waals surface area contributed by atoms with Gasteiger partial charge in [0.2, 0.25) is 0 Å². The Morgan fingerprint density at radius 1 is 1.28 bits per heavy atom. The molecular formula is C24H27N5O2S. The van der Waals surface area contributed by atoms with Crippen LogP contribution in [0.1, 0.15) is 56.6 Å². The number of hydrogen-bond donors (Lipinski definition) is 1. The fraction of sp³-hybridized carbons (Fsp3) is 0.417. The van der Waals surface area contributed by atoms with E-state index in [0.29, 0.717) is 25.2 Å². The minimum atomic E-state index is -0.00920. The number of pyridine rings is 1. The molecule has 0 spiro atoms. The van der Waals surface area contributed by atoms with Gasteiger partial charge in [-0.15, -0.1) is 11.3 Å². The molecule has 0 saturated carbocycles. The summed E-state index contributed by atoms with van der Waals surface area (Å²) in [5.41, 5.74) is 3.66. The van der Waals surface area contributed by atoms with Crippen LogP contribution in [0, 0.1) is 6.92 Å². The number of piperidine rings is 1. The van der Waals surface area contributed by atoms with Crippen molar-refractivity contribution in [1.82, 2.24) is 24.8 Å². The predicted octanol–water partition coefficient (Wildman–Crippen LogP) is 3.11. The Hall–Kier alpha value is -2.84. The number of aromatic nitrogens is 3. The number of thiophene rings is 1. The van der Waals surface area contributed by atoms with Crippen molar-refractivity contribution in [3.63, 3.8) is 0 Å². The van der Waals surface area contributed by atoms with E-state index in [4.69, 9.17) is 4.98 Å². The number of hydrogen-bond acceptors (Lipinski definition) is 6. The lowest BCUT2D eigenvalue weighted by atomic mass is 9.95. The van der Waals surface area contributed by atoms with Gasteiger partial charge in [-0.05, 0) is 48.9 Å². The third-order valence-electron chi connectivity index (χ3n) is 6.43.